The van der Waals surface area contributed by atoms with Gasteiger partial charge in [-0.1, -0.05) is 12.1 Å². The Hall–Kier alpha value is -2.83. The molecule has 1 heterocycles. The lowest BCUT2D eigenvalue weighted by Crippen LogP contribution is -2.23. The standard InChI is InChI=1S/C16H18N2O3.CH2O2/c19-14-3-1-2-12(10-14)15-17-8-9-18(15)13-6-4-11(5-7-13)16(20)21;2-1-3/h1-3,8-11,13,19H,4-7H2,(H,20,21);1H,(H,2,3). The van der Waals surface area contributed by atoms with Crippen LogP contribution in [0.15, 0.2) is 36.7 Å². The van der Waals surface area contributed by atoms with Crippen molar-refractivity contribution >= 4 is 12.4 Å². The van der Waals surface area contributed by atoms with E-state index in [1.165, 1.54) is 0 Å². The molecule has 3 N–H and O–H groups in total. The summed E-state index contributed by atoms with van der Waals surface area (Å²) < 4.78 is 2.10. The summed E-state index contributed by atoms with van der Waals surface area (Å²) >= 11 is 0. The summed E-state index contributed by atoms with van der Waals surface area (Å²) in [7, 11) is 0. The van der Waals surface area contributed by atoms with Crippen molar-refractivity contribution in [2.45, 2.75) is 31.7 Å². The summed E-state index contributed by atoms with van der Waals surface area (Å²) in [5.74, 6) is 0.141. The molecule has 1 aliphatic carbocycles. The van der Waals surface area contributed by atoms with E-state index in [0.717, 1.165) is 24.2 Å². The molecule has 0 unspecified atom stereocenters. The molecule has 0 bridgehead atoms. The fourth-order valence-electron chi connectivity index (χ4n) is 3.08. The highest BCUT2D eigenvalue weighted by Gasteiger charge is 2.27. The van der Waals surface area contributed by atoms with Crippen molar-refractivity contribution in [3.8, 4) is 17.1 Å². The first-order valence-electron chi connectivity index (χ1n) is 7.69. The van der Waals surface area contributed by atoms with Gasteiger partial charge in [-0.05, 0) is 37.8 Å². The first-order valence-corrected chi connectivity index (χ1v) is 7.69. The van der Waals surface area contributed by atoms with Gasteiger partial charge in [-0.3, -0.25) is 9.59 Å². The lowest BCUT2D eigenvalue weighted by molar-refractivity contribution is -0.143. The molecule has 7 nitrogen and oxygen atoms in total. The van der Waals surface area contributed by atoms with Crippen LogP contribution >= 0.6 is 0 Å². The number of carbonyl (C=O) groups is 2. The largest absolute Gasteiger partial charge is 0.508 e. The molecule has 1 saturated carbocycles. The summed E-state index contributed by atoms with van der Waals surface area (Å²) in [5, 5.41) is 25.6. The topological polar surface area (TPSA) is 113 Å². The van der Waals surface area contributed by atoms with E-state index in [1.54, 1.807) is 24.4 Å². The van der Waals surface area contributed by atoms with Gasteiger partial charge in [0.1, 0.15) is 11.6 Å². The molecule has 1 aromatic heterocycles. The molecule has 3 rings (SSSR count). The lowest BCUT2D eigenvalue weighted by atomic mass is 9.86. The molecular formula is C17H20N2O5. The number of imidazole rings is 1. The number of rotatable bonds is 3. The number of phenols is 1. The summed E-state index contributed by atoms with van der Waals surface area (Å²) in [6.45, 7) is -0.250. The van der Waals surface area contributed by atoms with E-state index in [4.69, 9.17) is 15.0 Å². The van der Waals surface area contributed by atoms with Gasteiger partial charge in [-0.15, -0.1) is 0 Å². The highest BCUT2D eigenvalue weighted by molar-refractivity contribution is 5.70. The maximum absolute atomic E-state index is 11.0. The van der Waals surface area contributed by atoms with E-state index in [1.807, 2.05) is 12.3 Å². The van der Waals surface area contributed by atoms with Gasteiger partial charge in [-0.25, -0.2) is 4.98 Å². The van der Waals surface area contributed by atoms with E-state index >= 15 is 0 Å². The van der Waals surface area contributed by atoms with Gasteiger partial charge in [0.2, 0.25) is 0 Å². The highest BCUT2D eigenvalue weighted by Crippen LogP contribution is 2.35. The fraction of sp³-hybridized carbons (Fsp3) is 0.353. The maximum Gasteiger partial charge on any atom is 0.306 e. The third-order valence-corrected chi connectivity index (χ3v) is 4.21. The molecule has 1 fully saturated rings. The molecule has 0 spiro atoms. The molecule has 0 amide bonds. The molecule has 0 radical (unpaired) electrons. The van der Waals surface area contributed by atoms with Crippen molar-refractivity contribution in [1.29, 1.82) is 0 Å². The van der Waals surface area contributed by atoms with Gasteiger partial charge in [-0.2, -0.15) is 0 Å². The van der Waals surface area contributed by atoms with Crippen LogP contribution in [0.3, 0.4) is 0 Å². The van der Waals surface area contributed by atoms with Gasteiger partial charge in [0.25, 0.3) is 6.47 Å². The Kier molecular flexibility index (Phi) is 5.95. The lowest BCUT2D eigenvalue weighted by Gasteiger charge is -2.28. The van der Waals surface area contributed by atoms with Crippen molar-refractivity contribution < 1.29 is 24.9 Å². The van der Waals surface area contributed by atoms with Gasteiger partial charge >= 0.3 is 5.97 Å². The average molecular weight is 332 g/mol. The van der Waals surface area contributed by atoms with Crippen molar-refractivity contribution in [3.05, 3.63) is 36.7 Å². The Morgan fingerprint density at radius 1 is 1.25 bits per heavy atom. The molecule has 128 valence electrons. The summed E-state index contributed by atoms with van der Waals surface area (Å²) in [5.41, 5.74) is 0.875. The van der Waals surface area contributed by atoms with Crippen LogP contribution in [0.1, 0.15) is 31.7 Å². The third kappa shape index (κ3) is 4.13. The number of benzene rings is 1. The van der Waals surface area contributed by atoms with Gasteiger partial charge in [0.05, 0.1) is 5.92 Å². The SMILES string of the molecule is O=C(O)C1CCC(n2ccnc2-c2cccc(O)c2)CC1.O=CO. The van der Waals surface area contributed by atoms with E-state index in [9.17, 15) is 9.90 Å². The quantitative estimate of drug-likeness (QED) is 0.745. The molecule has 0 aliphatic heterocycles. The van der Waals surface area contributed by atoms with E-state index in [-0.39, 0.29) is 24.2 Å². The second-order valence-corrected chi connectivity index (χ2v) is 5.66. The summed E-state index contributed by atoms with van der Waals surface area (Å²) in [4.78, 5) is 23.8. The van der Waals surface area contributed by atoms with E-state index < -0.39 is 5.97 Å². The number of aromatic nitrogens is 2. The minimum Gasteiger partial charge on any atom is -0.508 e. The molecule has 0 saturated heterocycles. The molecule has 2 aromatic rings. The number of phenolic OH excluding ortho intramolecular Hbond substituents is 1. The number of aliphatic carboxylic acids is 1. The van der Waals surface area contributed by atoms with Crippen LogP contribution in [0.25, 0.3) is 11.4 Å². The summed E-state index contributed by atoms with van der Waals surface area (Å²) in [6.07, 6.45) is 6.79. The van der Waals surface area contributed by atoms with Gasteiger partial charge < -0.3 is 19.9 Å². The monoisotopic (exact) mass is 332 g/mol. The fourth-order valence-corrected chi connectivity index (χ4v) is 3.08. The molecule has 0 atom stereocenters. The number of aromatic hydroxyl groups is 1. The van der Waals surface area contributed by atoms with Crippen LogP contribution in [0.5, 0.6) is 5.75 Å². The Labute approximate surface area is 139 Å². The number of hydrogen-bond donors (Lipinski definition) is 3. The molecule has 1 aromatic carbocycles. The van der Waals surface area contributed by atoms with Crippen LogP contribution in [-0.4, -0.2) is 37.3 Å². The van der Waals surface area contributed by atoms with Crippen LogP contribution in [0, 0.1) is 5.92 Å². The molecule has 24 heavy (non-hydrogen) atoms. The van der Waals surface area contributed by atoms with Crippen molar-refractivity contribution in [1.82, 2.24) is 9.55 Å². The van der Waals surface area contributed by atoms with E-state index in [2.05, 4.69) is 9.55 Å². The summed E-state index contributed by atoms with van der Waals surface area (Å²) in [6, 6.07) is 7.32. The Balaban J connectivity index is 0.000000647. The third-order valence-electron chi connectivity index (χ3n) is 4.21. The first kappa shape index (κ1) is 17.5. The number of carboxylic acid groups (broad SMARTS) is 2. The Morgan fingerprint density at radius 3 is 2.50 bits per heavy atom. The smallest absolute Gasteiger partial charge is 0.306 e. The van der Waals surface area contributed by atoms with Crippen LogP contribution < -0.4 is 0 Å². The van der Waals surface area contributed by atoms with Crippen LogP contribution in [0.2, 0.25) is 0 Å². The van der Waals surface area contributed by atoms with Crippen LogP contribution in [-0.2, 0) is 9.59 Å². The predicted octanol–water partition coefficient (Wildman–Crippen LogP) is 2.77. The second-order valence-electron chi connectivity index (χ2n) is 5.66. The maximum atomic E-state index is 11.0. The molecule has 1 aliphatic rings. The second kappa shape index (κ2) is 8.14. The Bertz CT molecular complexity index is 690. The zero-order chi connectivity index (χ0) is 17.5. The zero-order valence-electron chi connectivity index (χ0n) is 13.1. The molecular weight excluding hydrogens is 312 g/mol. The normalized spacial score (nSPS) is 19.8. The van der Waals surface area contributed by atoms with Crippen molar-refractivity contribution in [2.75, 3.05) is 0 Å². The Morgan fingerprint density at radius 2 is 1.92 bits per heavy atom. The highest BCUT2D eigenvalue weighted by atomic mass is 16.4. The number of hydrogen-bond acceptors (Lipinski definition) is 4. The first-order chi connectivity index (χ1) is 11.6. The van der Waals surface area contributed by atoms with Gasteiger partial charge in [0, 0.05) is 24.0 Å². The van der Waals surface area contributed by atoms with Crippen molar-refractivity contribution in [2.24, 2.45) is 5.92 Å². The van der Waals surface area contributed by atoms with Crippen LogP contribution in [0.4, 0.5) is 0 Å². The minimum atomic E-state index is -0.688. The molecule has 7 heteroatoms. The van der Waals surface area contributed by atoms with Crippen molar-refractivity contribution in [3.63, 3.8) is 0 Å². The minimum absolute atomic E-state index is 0.214. The predicted molar refractivity (Wildman–Crippen MR) is 86.7 cm³/mol. The average Bonchev–Trinajstić information content (AvgIpc) is 3.05. The number of nitrogens with zero attached hydrogens (tertiary/aromatic N) is 2. The zero-order valence-corrected chi connectivity index (χ0v) is 13.1. The number of carboxylic acids is 1. The van der Waals surface area contributed by atoms with Gasteiger partial charge in [0.15, 0.2) is 0 Å². The van der Waals surface area contributed by atoms with E-state index in [0.29, 0.717) is 12.8 Å².